The van der Waals surface area contributed by atoms with Gasteiger partial charge in [0.15, 0.2) is 9.84 Å². The summed E-state index contributed by atoms with van der Waals surface area (Å²) in [7, 11) is -3.71. The van der Waals surface area contributed by atoms with Gasteiger partial charge in [0.25, 0.3) is 11.6 Å². The Labute approximate surface area is 165 Å². The maximum Gasteiger partial charge on any atom is 0.269 e. The fourth-order valence-corrected chi connectivity index (χ4v) is 5.44. The molecular weight excluding hydrogens is 400 g/mol. The first kappa shape index (κ1) is 19.7. The lowest BCUT2D eigenvalue weighted by molar-refractivity contribution is -0.384. The highest BCUT2D eigenvalue weighted by Crippen LogP contribution is 2.31. The number of hydrogen-bond acceptors (Lipinski definition) is 6. The van der Waals surface area contributed by atoms with E-state index in [0.29, 0.717) is 4.88 Å². The lowest BCUT2D eigenvalue weighted by Crippen LogP contribution is -2.31. The van der Waals surface area contributed by atoms with E-state index in [1.165, 1.54) is 47.7 Å². The van der Waals surface area contributed by atoms with Gasteiger partial charge in [0.1, 0.15) is 5.25 Å². The maximum atomic E-state index is 13.1. The zero-order chi connectivity index (χ0) is 20.1. The molecule has 1 aromatic heterocycles. The van der Waals surface area contributed by atoms with Crippen LogP contribution in [0.25, 0.3) is 0 Å². The second-order valence-electron chi connectivity index (χ2n) is 5.88. The van der Waals surface area contributed by atoms with Crippen LogP contribution in [0.15, 0.2) is 77.0 Å². The van der Waals surface area contributed by atoms with Gasteiger partial charge in [-0.25, -0.2) is 8.42 Å². The van der Waals surface area contributed by atoms with Crippen LogP contribution in [0.3, 0.4) is 0 Å². The molecule has 1 N–H and O–H groups in total. The highest BCUT2D eigenvalue weighted by molar-refractivity contribution is 7.91. The van der Waals surface area contributed by atoms with Crippen LogP contribution >= 0.6 is 11.3 Å². The number of nitrogens with zero attached hydrogens (tertiary/aromatic N) is 1. The Balaban J connectivity index is 1.81. The molecule has 0 fully saturated rings. The molecule has 0 bridgehead atoms. The largest absolute Gasteiger partial charge is 0.350 e. The third-order valence-electron chi connectivity index (χ3n) is 4.10. The molecule has 0 aliphatic carbocycles. The Morgan fingerprint density at radius 1 is 1.04 bits per heavy atom. The van der Waals surface area contributed by atoms with Gasteiger partial charge in [-0.15, -0.1) is 11.3 Å². The Bertz CT molecular complexity index is 1060. The van der Waals surface area contributed by atoms with Gasteiger partial charge in [-0.1, -0.05) is 24.3 Å². The quantitative estimate of drug-likeness (QED) is 0.468. The minimum absolute atomic E-state index is 0.117. The Kier molecular flexibility index (Phi) is 5.86. The molecule has 2 aromatic carbocycles. The van der Waals surface area contributed by atoms with Crippen LogP contribution in [-0.2, 0) is 9.84 Å². The smallest absolute Gasteiger partial charge is 0.269 e. The van der Waals surface area contributed by atoms with E-state index >= 15 is 0 Å². The summed E-state index contributed by atoms with van der Waals surface area (Å²) >= 11 is 1.30. The van der Waals surface area contributed by atoms with Gasteiger partial charge in [-0.2, -0.15) is 0 Å². The number of sulfone groups is 1. The zero-order valence-corrected chi connectivity index (χ0v) is 16.2. The topological polar surface area (TPSA) is 106 Å². The van der Waals surface area contributed by atoms with Crippen molar-refractivity contribution in [2.75, 3.05) is 6.54 Å². The van der Waals surface area contributed by atoms with Crippen molar-refractivity contribution in [1.82, 2.24) is 5.32 Å². The Morgan fingerprint density at radius 3 is 2.29 bits per heavy atom. The molecule has 1 atom stereocenters. The number of rotatable bonds is 7. The number of hydrogen-bond donors (Lipinski definition) is 1. The maximum absolute atomic E-state index is 13.1. The van der Waals surface area contributed by atoms with Gasteiger partial charge >= 0.3 is 0 Å². The van der Waals surface area contributed by atoms with Crippen LogP contribution in [0, 0.1) is 10.1 Å². The summed E-state index contributed by atoms with van der Waals surface area (Å²) in [6.45, 7) is -0.117. The van der Waals surface area contributed by atoms with Crippen molar-refractivity contribution in [2.45, 2.75) is 10.1 Å². The minimum Gasteiger partial charge on any atom is -0.350 e. The Morgan fingerprint density at radius 2 is 1.71 bits per heavy atom. The third-order valence-corrected chi connectivity index (χ3v) is 7.33. The summed E-state index contributed by atoms with van der Waals surface area (Å²) in [4.78, 5) is 23.3. The number of thiophene rings is 1. The van der Waals surface area contributed by atoms with E-state index < -0.39 is 25.9 Å². The average Bonchev–Trinajstić information content (AvgIpc) is 3.23. The molecule has 0 saturated carbocycles. The van der Waals surface area contributed by atoms with Crippen molar-refractivity contribution in [1.29, 1.82) is 0 Å². The first-order valence-corrected chi connectivity index (χ1v) is 10.7. The molecule has 0 aliphatic rings. The summed E-state index contributed by atoms with van der Waals surface area (Å²) in [5, 5.41) is 14.2. The molecule has 3 aromatic rings. The van der Waals surface area contributed by atoms with Gasteiger partial charge < -0.3 is 5.32 Å². The normalized spacial score (nSPS) is 12.3. The summed E-state index contributed by atoms with van der Waals surface area (Å²) in [5.74, 6) is -0.500. The zero-order valence-electron chi connectivity index (χ0n) is 14.5. The number of nitrogens with one attached hydrogen (secondary N) is 1. The van der Waals surface area contributed by atoms with Crippen LogP contribution in [-0.4, -0.2) is 25.8 Å². The number of nitro groups is 1. The second kappa shape index (κ2) is 8.32. The lowest BCUT2D eigenvalue weighted by atomic mass is 10.2. The van der Waals surface area contributed by atoms with Gasteiger partial charge in [-0.3, -0.25) is 14.9 Å². The molecule has 144 valence electrons. The number of nitro benzene ring substituents is 1. The second-order valence-corrected chi connectivity index (χ2v) is 8.99. The molecule has 3 rings (SSSR count). The van der Waals surface area contributed by atoms with E-state index in [1.54, 1.807) is 35.7 Å². The van der Waals surface area contributed by atoms with E-state index in [9.17, 15) is 23.3 Å². The molecule has 0 unspecified atom stereocenters. The van der Waals surface area contributed by atoms with Crippen LogP contribution in [0.4, 0.5) is 5.69 Å². The van der Waals surface area contributed by atoms with E-state index in [1.807, 2.05) is 0 Å². The number of non-ortho nitro benzene ring substituents is 1. The number of amides is 1. The molecule has 7 nitrogen and oxygen atoms in total. The molecule has 0 spiro atoms. The number of benzene rings is 2. The van der Waals surface area contributed by atoms with E-state index in [2.05, 4.69) is 5.32 Å². The van der Waals surface area contributed by atoms with Gasteiger partial charge in [0, 0.05) is 29.1 Å². The fourth-order valence-electron chi connectivity index (χ4n) is 2.63. The molecule has 0 aliphatic heterocycles. The molecule has 28 heavy (non-hydrogen) atoms. The molecule has 0 saturated heterocycles. The number of carbonyl (C=O) groups excluding carboxylic acids is 1. The highest BCUT2D eigenvalue weighted by atomic mass is 32.2. The SMILES string of the molecule is O=C(NC[C@H](c1cccs1)S(=O)(=O)c1ccccc1)c1ccc([N+](=O)[O-])cc1. The summed E-state index contributed by atoms with van der Waals surface area (Å²) in [5.41, 5.74) is 0.0901. The highest BCUT2D eigenvalue weighted by Gasteiger charge is 2.30. The average molecular weight is 416 g/mol. The van der Waals surface area contributed by atoms with Crippen molar-refractivity contribution >= 4 is 32.8 Å². The molecule has 0 radical (unpaired) electrons. The fraction of sp³-hybridized carbons (Fsp3) is 0.105. The molecule has 1 heterocycles. The van der Waals surface area contributed by atoms with Gasteiger partial charge in [0.2, 0.25) is 0 Å². The van der Waals surface area contributed by atoms with Crippen molar-refractivity contribution in [2.24, 2.45) is 0 Å². The van der Waals surface area contributed by atoms with E-state index in [-0.39, 0.29) is 22.7 Å². The van der Waals surface area contributed by atoms with Crippen molar-refractivity contribution in [3.63, 3.8) is 0 Å². The van der Waals surface area contributed by atoms with E-state index in [4.69, 9.17) is 0 Å². The molecule has 9 heteroatoms. The minimum atomic E-state index is -3.71. The van der Waals surface area contributed by atoms with E-state index in [0.717, 1.165) is 0 Å². The first-order valence-electron chi connectivity index (χ1n) is 8.24. The van der Waals surface area contributed by atoms with Gasteiger partial charge in [-0.05, 0) is 35.7 Å². The summed E-state index contributed by atoms with van der Waals surface area (Å²) in [6, 6.07) is 16.7. The predicted octanol–water partition coefficient (Wildman–Crippen LogP) is 3.60. The van der Waals surface area contributed by atoms with Crippen molar-refractivity contribution in [3.8, 4) is 0 Å². The van der Waals surface area contributed by atoms with Crippen LogP contribution in [0.5, 0.6) is 0 Å². The lowest BCUT2D eigenvalue weighted by Gasteiger charge is -2.17. The van der Waals surface area contributed by atoms with Crippen molar-refractivity contribution < 1.29 is 18.1 Å². The summed E-state index contributed by atoms with van der Waals surface area (Å²) in [6.07, 6.45) is 0. The first-order chi connectivity index (χ1) is 13.4. The van der Waals surface area contributed by atoms with Crippen LogP contribution in [0.1, 0.15) is 20.5 Å². The number of carbonyl (C=O) groups is 1. The van der Waals surface area contributed by atoms with Crippen LogP contribution in [0.2, 0.25) is 0 Å². The molecule has 1 amide bonds. The van der Waals surface area contributed by atoms with Crippen molar-refractivity contribution in [3.05, 3.63) is 92.7 Å². The monoisotopic (exact) mass is 416 g/mol. The van der Waals surface area contributed by atoms with Crippen LogP contribution < -0.4 is 5.32 Å². The predicted molar refractivity (Wildman–Crippen MR) is 106 cm³/mol. The van der Waals surface area contributed by atoms with Gasteiger partial charge in [0.05, 0.1) is 9.82 Å². The standard InChI is InChI=1S/C19H16N2O5S2/c22-19(14-8-10-15(11-9-14)21(23)24)20-13-18(17-7-4-12-27-17)28(25,26)16-5-2-1-3-6-16/h1-12,18H,13H2,(H,20,22)/t18-/m1/s1. The Hall–Kier alpha value is -3.04. The third kappa shape index (κ3) is 4.26. The molecular formula is C19H16N2O5S2. The summed E-state index contributed by atoms with van der Waals surface area (Å²) < 4.78 is 26.2.